The van der Waals surface area contributed by atoms with Gasteiger partial charge in [0.15, 0.2) is 0 Å². The van der Waals surface area contributed by atoms with Crippen molar-refractivity contribution < 1.29 is 12.4 Å². The molecule has 0 fully saturated rings. The van der Waals surface area contributed by atoms with Gasteiger partial charge >= 0.3 is 0 Å². The standard InChI is InChI=1S/C9H13NS.ClH/c1-8-2-4-9(5-3-8)11-7-6-10;/h2-5H,6-7,10H2,1H3;1H/p-1. The van der Waals surface area contributed by atoms with Gasteiger partial charge < -0.3 is 18.1 Å². The minimum absolute atomic E-state index is 0. The summed E-state index contributed by atoms with van der Waals surface area (Å²) in [7, 11) is 0. The minimum atomic E-state index is 0. The first-order chi connectivity index (χ1) is 5.33. The Hall–Kier alpha value is -0.180. The molecule has 68 valence electrons. The van der Waals surface area contributed by atoms with Gasteiger partial charge in [0.1, 0.15) is 0 Å². The molecule has 0 aliphatic carbocycles. The van der Waals surface area contributed by atoms with Crippen LogP contribution >= 0.6 is 11.8 Å². The highest BCUT2D eigenvalue weighted by molar-refractivity contribution is 7.99. The van der Waals surface area contributed by atoms with Gasteiger partial charge in [-0.15, -0.1) is 11.8 Å². The van der Waals surface area contributed by atoms with Gasteiger partial charge in [-0.1, -0.05) is 17.7 Å². The molecule has 0 saturated carbocycles. The average Bonchev–Trinajstić information content (AvgIpc) is 2.04. The number of hydrogen-bond donors (Lipinski definition) is 1. The average molecular weight is 203 g/mol. The smallest absolute Gasteiger partial charge is 0.0103 e. The van der Waals surface area contributed by atoms with Gasteiger partial charge in [-0.2, -0.15) is 0 Å². The molecular weight excluding hydrogens is 190 g/mol. The van der Waals surface area contributed by atoms with Crippen molar-refractivity contribution >= 4 is 11.8 Å². The molecule has 0 radical (unpaired) electrons. The van der Waals surface area contributed by atoms with Crippen LogP contribution in [0.5, 0.6) is 0 Å². The fourth-order valence-corrected chi connectivity index (χ4v) is 1.49. The van der Waals surface area contributed by atoms with Crippen molar-refractivity contribution in [2.24, 2.45) is 5.73 Å². The van der Waals surface area contributed by atoms with Crippen LogP contribution in [-0.2, 0) is 0 Å². The number of aryl methyl sites for hydroxylation is 1. The normalized spacial score (nSPS) is 9.17. The summed E-state index contributed by atoms with van der Waals surface area (Å²) in [6, 6.07) is 8.52. The zero-order valence-corrected chi connectivity index (χ0v) is 8.66. The molecule has 0 heterocycles. The Kier molecular flexibility index (Phi) is 6.25. The first kappa shape index (κ1) is 11.8. The molecule has 0 unspecified atom stereocenters. The van der Waals surface area contributed by atoms with Crippen molar-refractivity contribution in [2.45, 2.75) is 11.8 Å². The second-order valence-electron chi connectivity index (χ2n) is 2.45. The molecule has 0 aliphatic rings. The van der Waals surface area contributed by atoms with Crippen molar-refractivity contribution in [2.75, 3.05) is 12.3 Å². The third kappa shape index (κ3) is 4.00. The summed E-state index contributed by atoms with van der Waals surface area (Å²) in [5.41, 5.74) is 6.69. The summed E-state index contributed by atoms with van der Waals surface area (Å²) in [6.07, 6.45) is 0. The number of benzene rings is 1. The maximum absolute atomic E-state index is 5.39. The van der Waals surface area contributed by atoms with Crippen molar-refractivity contribution in [1.29, 1.82) is 0 Å². The van der Waals surface area contributed by atoms with Crippen molar-refractivity contribution in [3.8, 4) is 0 Å². The van der Waals surface area contributed by atoms with Gasteiger partial charge in [0.25, 0.3) is 0 Å². The molecule has 12 heavy (non-hydrogen) atoms. The molecule has 2 N–H and O–H groups in total. The molecule has 0 amide bonds. The van der Waals surface area contributed by atoms with E-state index in [9.17, 15) is 0 Å². The summed E-state index contributed by atoms with van der Waals surface area (Å²) in [4.78, 5) is 1.31. The largest absolute Gasteiger partial charge is 1.00 e. The zero-order valence-electron chi connectivity index (χ0n) is 7.09. The van der Waals surface area contributed by atoms with Gasteiger partial charge in [0.2, 0.25) is 0 Å². The fraction of sp³-hybridized carbons (Fsp3) is 0.333. The molecule has 0 aliphatic heterocycles. The Morgan fingerprint density at radius 3 is 2.33 bits per heavy atom. The monoisotopic (exact) mass is 202 g/mol. The second kappa shape index (κ2) is 6.35. The molecule has 1 aromatic rings. The van der Waals surface area contributed by atoms with Crippen LogP contribution < -0.4 is 18.1 Å². The lowest BCUT2D eigenvalue weighted by atomic mass is 10.2. The first-order valence-corrected chi connectivity index (χ1v) is 4.71. The topological polar surface area (TPSA) is 26.0 Å². The van der Waals surface area contributed by atoms with Crippen LogP contribution in [0, 0.1) is 6.92 Å². The number of rotatable bonds is 3. The Morgan fingerprint density at radius 1 is 1.25 bits per heavy atom. The highest BCUT2D eigenvalue weighted by atomic mass is 35.5. The molecule has 0 aromatic heterocycles. The molecule has 3 heteroatoms. The lowest BCUT2D eigenvalue weighted by Gasteiger charge is -1.98. The third-order valence-electron chi connectivity index (χ3n) is 1.41. The molecular formula is C9H13ClNS-. The quantitative estimate of drug-likeness (QED) is 0.640. The third-order valence-corrected chi connectivity index (χ3v) is 2.45. The van der Waals surface area contributed by atoms with Crippen LogP contribution in [0.25, 0.3) is 0 Å². The minimum Gasteiger partial charge on any atom is -1.00 e. The summed E-state index contributed by atoms with van der Waals surface area (Å²) < 4.78 is 0. The molecule has 1 aromatic carbocycles. The van der Waals surface area contributed by atoms with Crippen LogP contribution in [0.1, 0.15) is 5.56 Å². The Bertz CT molecular complexity index is 210. The van der Waals surface area contributed by atoms with Gasteiger partial charge in [-0.3, -0.25) is 0 Å². The maximum Gasteiger partial charge on any atom is 0.0103 e. The number of nitrogens with two attached hydrogens (primary N) is 1. The second-order valence-corrected chi connectivity index (χ2v) is 3.62. The van der Waals surface area contributed by atoms with E-state index in [0.717, 1.165) is 12.3 Å². The molecule has 0 bridgehead atoms. The van der Waals surface area contributed by atoms with Gasteiger partial charge in [-0.25, -0.2) is 0 Å². The van der Waals surface area contributed by atoms with Crippen LogP contribution in [0.3, 0.4) is 0 Å². The van der Waals surface area contributed by atoms with Crippen molar-refractivity contribution in [3.63, 3.8) is 0 Å². The van der Waals surface area contributed by atoms with Gasteiger partial charge in [0, 0.05) is 17.2 Å². The molecule has 1 rings (SSSR count). The molecule has 0 atom stereocenters. The van der Waals surface area contributed by atoms with E-state index in [1.165, 1.54) is 10.5 Å². The number of halogens is 1. The van der Waals surface area contributed by atoms with Crippen LogP contribution in [0.4, 0.5) is 0 Å². The summed E-state index contributed by atoms with van der Waals surface area (Å²) in [5, 5.41) is 0. The highest BCUT2D eigenvalue weighted by Gasteiger charge is 1.90. The predicted octanol–water partition coefficient (Wildman–Crippen LogP) is -0.950. The summed E-state index contributed by atoms with van der Waals surface area (Å²) in [6.45, 7) is 2.84. The SMILES string of the molecule is Cc1ccc(SCCN)cc1.[Cl-]. The van der Waals surface area contributed by atoms with Crippen molar-refractivity contribution in [1.82, 2.24) is 0 Å². The van der Waals surface area contributed by atoms with E-state index >= 15 is 0 Å². The van der Waals surface area contributed by atoms with E-state index in [4.69, 9.17) is 5.73 Å². The number of thioether (sulfide) groups is 1. The lowest BCUT2D eigenvalue weighted by molar-refractivity contribution is -0.00000239. The Balaban J connectivity index is 0.00000121. The van der Waals surface area contributed by atoms with E-state index in [1.54, 1.807) is 11.8 Å². The fourth-order valence-electron chi connectivity index (χ4n) is 0.811. The predicted molar refractivity (Wildman–Crippen MR) is 51.0 cm³/mol. The molecule has 0 saturated heterocycles. The first-order valence-electron chi connectivity index (χ1n) is 3.72. The summed E-state index contributed by atoms with van der Waals surface area (Å²) >= 11 is 1.80. The van der Waals surface area contributed by atoms with Gasteiger partial charge in [0.05, 0.1) is 0 Å². The zero-order chi connectivity index (χ0) is 8.10. The lowest BCUT2D eigenvalue weighted by Crippen LogP contribution is -3.00. The summed E-state index contributed by atoms with van der Waals surface area (Å²) in [5.74, 6) is 1.00. The Labute approximate surface area is 84.1 Å². The van der Waals surface area contributed by atoms with E-state index in [2.05, 4.69) is 31.2 Å². The van der Waals surface area contributed by atoms with Crippen LogP contribution in [0.15, 0.2) is 29.2 Å². The van der Waals surface area contributed by atoms with Crippen molar-refractivity contribution in [3.05, 3.63) is 29.8 Å². The van der Waals surface area contributed by atoms with Crippen LogP contribution in [0.2, 0.25) is 0 Å². The van der Waals surface area contributed by atoms with Gasteiger partial charge in [-0.05, 0) is 19.1 Å². The maximum atomic E-state index is 5.39. The van der Waals surface area contributed by atoms with E-state index < -0.39 is 0 Å². The van der Waals surface area contributed by atoms with E-state index in [1.807, 2.05) is 0 Å². The van der Waals surface area contributed by atoms with Crippen LogP contribution in [-0.4, -0.2) is 12.3 Å². The molecule has 1 nitrogen and oxygen atoms in total. The highest BCUT2D eigenvalue weighted by Crippen LogP contribution is 2.16. The van der Waals surface area contributed by atoms with E-state index in [-0.39, 0.29) is 12.4 Å². The molecule has 0 spiro atoms. The Morgan fingerprint density at radius 2 is 1.83 bits per heavy atom. The number of hydrogen-bond acceptors (Lipinski definition) is 2. The van der Waals surface area contributed by atoms with E-state index in [0.29, 0.717) is 0 Å².